The molecule has 2 aliphatic rings. The van der Waals surface area contributed by atoms with E-state index < -0.39 is 41.6 Å². The minimum absolute atomic E-state index is 0. The third-order valence-corrected chi connectivity index (χ3v) is 8.03. The van der Waals surface area contributed by atoms with Crippen LogP contribution in [-0.4, -0.2) is 49.1 Å². The fourth-order valence-corrected chi connectivity index (χ4v) is 5.46. The van der Waals surface area contributed by atoms with Gasteiger partial charge < -0.3 is 9.11 Å². The molecule has 41 heavy (non-hydrogen) atoms. The largest absolute Gasteiger partial charge is 2.00 e. The summed E-state index contributed by atoms with van der Waals surface area (Å²) in [5.41, 5.74) is 1.11. The summed E-state index contributed by atoms with van der Waals surface area (Å²) in [5, 5.41) is 0. The van der Waals surface area contributed by atoms with Crippen LogP contribution in [0.1, 0.15) is 63.7 Å². The summed E-state index contributed by atoms with van der Waals surface area (Å²) in [6.07, 6.45) is 0. The molecular weight excluding hydrogens is 619 g/mol. The van der Waals surface area contributed by atoms with Gasteiger partial charge in [-0.1, -0.05) is 48.5 Å². The second-order valence-electron chi connectivity index (χ2n) is 8.73. The summed E-state index contributed by atoms with van der Waals surface area (Å²) in [5.74, 6) is -1.63. The Balaban J connectivity index is 0.000000184. The van der Waals surface area contributed by atoms with Gasteiger partial charge in [-0.25, -0.2) is 16.8 Å². The molecule has 0 heterocycles. The molecule has 4 aromatic carbocycles. The van der Waals surface area contributed by atoms with Crippen LogP contribution in [0.2, 0.25) is 0 Å². The van der Waals surface area contributed by atoms with Crippen LogP contribution in [-0.2, 0) is 37.0 Å². The van der Waals surface area contributed by atoms with Crippen molar-refractivity contribution in [1.82, 2.24) is 0 Å². The van der Waals surface area contributed by atoms with Crippen molar-refractivity contribution in [1.29, 1.82) is 0 Å². The Hall–Kier alpha value is -4.11. The first-order valence-electron chi connectivity index (χ1n) is 11.4. The third kappa shape index (κ3) is 5.34. The van der Waals surface area contributed by atoms with Gasteiger partial charge in [0.1, 0.15) is 20.2 Å². The molecule has 0 saturated heterocycles. The van der Waals surface area contributed by atoms with Gasteiger partial charge in [-0.3, -0.25) is 19.2 Å². The number of fused-ring (bicyclic) bond motifs is 4. The predicted octanol–water partition coefficient (Wildman–Crippen LogP) is 2.73. The molecule has 0 N–H and O–H groups in total. The Morgan fingerprint density at radius 3 is 0.902 bits per heavy atom. The Labute approximate surface area is 243 Å². The normalized spacial score (nSPS) is 13.5. The molecule has 0 spiro atoms. The summed E-state index contributed by atoms with van der Waals surface area (Å²) in [4.78, 5) is 48.0. The zero-order valence-corrected chi connectivity index (χ0v) is 23.0. The second-order valence-corrected chi connectivity index (χ2v) is 11.5. The van der Waals surface area contributed by atoms with Crippen molar-refractivity contribution in [2.24, 2.45) is 0 Å². The molecule has 4 aromatic rings. The average Bonchev–Trinajstić information content (AvgIpc) is 2.93. The fourth-order valence-electron chi connectivity index (χ4n) is 4.47. The van der Waals surface area contributed by atoms with Crippen molar-refractivity contribution in [3.63, 3.8) is 0 Å². The molecule has 0 aliphatic heterocycles. The number of rotatable bonds is 2. The van der Waals surface area contributed by atoms with Gasteiger partial charge in [0.15, 0.2) is 23.1 Å². The van der Waals surface area contributed by atoms with Crippen LogP contribution >= 0.6 is 0 Å². The monoisotopic (exact) mass is 633 g/mol. The molecule has 0 atom stereocenters. The van der Waals surface area contributed by atoms with E-state index in [1.165, 1.54) is 36.4 Å². The quantitative estimate of drug-likeness (QED) is 0.257. The van der Waals surface area contributed by atoms with E-state index in [1.807, 2.05) is 0 Å². The molecule has 0 aromatic heterocycles. The van der Waals surface area contributed by atoms with Crippen molar-refractivity contribution in [3.05, 3.63) is 129 Å². The van der Waals surface area contributed by atoms with E-state index in [9.17, 15) is 45.1 Å². The molecule has 13 heteroatoms. The number of ketones is 4. The van der Waals surface area contributed by atoms with E-state index in [-0.39, 0.29) is 72.9 Å². The predicted molar refractivity (Wildman–Crippen MR) is 135 cm³/mol. The zero-order chi connectivity index (χ0) is 29.0. The van der Waals surface area contributed by atoms with E-state index >= 15 is 0 Å². The maximum Gasteiger partial charge on any atom is 2.00 e. The third-order valence-electron chi connectivity index (χ3n) is 6.37. The molecule has 6 rings (SSSR count). The second kappa shape index (κ2) is 10.7. The van der Waals surface area contributed by atoms with Crippen LogP contribution in [0.4, 0.5) is 0 Å². The van der Waals surface area contributed by atoms with Crippen LogP contribution in [0.3, 0.4) is 0 Å². The van der Waals surface area contributed by atoms with Crippen LogP contribution in [0.5, 0.6) is 0 Å². The first kappa shape index (κ1) is 29.9. The SMILES string of the molecule is O=C1c2ccccc2C(=O)c2cc(S(=O)(=O)[O-])ccc21.O=C1c2ccccc2C(=O)c2cc(S(=O)(=O)[O-])ccc21.[Co+2]. The summed E-state index contributed by atoms with van der Waals surface area (Å²) in [6.45, 7) is 0. The number of hydrogen-bond acceptors (Lipinski definition) is 10. The average molecular weight is 633 g/mol. The van der Waals surface area contributed by atoms with Crippen molar-refractivity contribution in [3.8, 4) is 0 Å². The van der Waals surface area contributed by atoms with Gasteiger partial charge >= 0.3 is 16.8 Å². The maximum absolute atomic E-state index is 12.3. The van der Waals surface area contributed by atoms with E-state index in [1.54, 1.807) is 24.3 Å². The van der Waals surface area contributed by atoms with E-state index in [0.717, 1.165) is 24.3 Å². The van der Waals surface area contributed by atoms with E-state index in [4.69, 9.17) is 0 Å². The minimum atomic E-state index is -4.67. The first-order valence-corrected chi connectivity index (χ1v) is 14.2. The standard InChI is InChI=1S/2C14H8O5S.Co/c2*15-13-9-3-1-2-4-10(9)14(16)12-7-8(20(17,18)19)5-6-11(12)13;/h2*1-7H,(H,17,18,19);/q;;+2/p-2. The van der Waals surface area contributed by atoms with Gasteiger partial charge in [0.05, 0.1) is 9.79 Å². The van der Waals surface area contributed by atoms with Crippen LogP contribution in [0.25, 0.3) is 0 Å². The smallest absolute Gasteiger partial charge is 0.744 e. The number of carbonyl (C=O) groups is 4. The van der Waals surface area contributed by atoms with Crippen molar-refractivity contribution >= 4 is 43.4 Å². The molecule has 207 valence electrons. The van der Waals surface area contributed by atoms with Crippen molar-refractivity contribution in [2.45, 2.75) is 9.79 Å². The molecule has 2 aliphatic carbocycles. The van der Waals surface area contributed by atoms with Crippen molar-refractivity contribution in [2.75, 3.05) is 0 Å². The Bertz CT molecular complexity index is 1880. The molecule has 0 saturated carbocycles. The van der Waals surface area contributed by atoms with E-state index in [2.05, 4.69) is 0 Å². The summed E-state index contributed by atoms with van der Waals surface area (Å²) < 4.78 is 66.0. The zero-order valence-electron chi connectivity index (χ0n) is 20.3. The molecule has 10 nitrogen and oxygen atoms in total. The molecule has 0 amide bonds. The summed E-state index contributed by atoms with van der Waals surface area (Å²) >= 11 is 0. The first-order chi connectivity index (χ1) is 18.8. The van der Waals surface area contributed by atoms with Crippen LogP contribution in [0, 0.1) is 0 Å². The number of benzene rings is 4. The van der Waals surface area contributed by atoms with Gasteiger partial charge in [-0.05, 0) is 36.4 Å². The van der Waals surface area contributed by atoms with Crippen LogP contribution in [0.15, 0.2) is 94.7 Å². The summed E-state index contributed by atoms with van der Waals surface area (Å²) in [6, 6.07) is 19.0. The Morgan fingerprint density at radius 2 is 0.634 bits per heavy atom. The Morgan fingerprint density at radius 1 is 0.390 bits per heavy atom. The van der Waals surface area contributed by atoms with Crippen LogP contribution < -0.4 is 0 Å². The number of hydrogen-bond donors (Lipinski definition) is 0. The van der Waals surface area contributed by atoms with E-state index in [0.29, 0.717) is 0 Å². The van der Waals surface area contributed by atoms with Gasteiger partial charge in [0.2, 0.25) is 0 Å². The number of carbonyl (C=O) groups excluding carboxylic acids is 4. The molecule has 0 bridgehead atoms. The molecular formula is C28H14CoO10S2. The van der Waals surface area contributed by atoms with Crippen molar-refractivity contribution < 1.29 is 61.9 Å². The Kier molecular flexibility index (Phi) is 7.79. The maximum atomic E-state index is 12.3. The van der Waals surface area contributed by atoms with Gasteiger partial charge in [-0.2, -0.15) is 0 Å². The fraction of sp³-hybridized carbons (Fsp3) is 0. The minimum Gasteiger partial charge on any atom is -0.744 e. The van der Waals surface area contributed by atoms with Gasteiger partial charge in [0.25, 0.3) is 0 Å². The molecule has 0 unspecified atom stereocenters. The van der Waals surface area contributed by atoms with Gasteiger partial charge in [0, 0.05) is 44.5 Å². The molecule has 0 fully saturated rings. The van der Waals surface area contributed by atoms with Gasteiger partial charge in [-0.15, -0.1) is 0 Å². The molecule has 1 radical (unpaired) electrons. The topological polar surface area (TPSA) is 183 Å². The summed E-state index contributed by atoms with van der Waals surface area (Å²) in [7, 11) is -9.34.